The minimum absolute atomic E-state index is 0.461. The average molecular weight is 231 g/mol. The van der Waals surface area contributed by atoms with E-state index in [9.17, 15) is 0 Å². The largest absolute Gasteiger partial charge is 0.330 e. The highest BCUT2D eigenvalue weighted by Crippen LogP contribution is 2.19. The van der Waals surface area contributed by atoms with Gasteiger partial charge < -0.3 is 10.3 Å². The predicted octanol–water partition coefficient (Wildman–Crippen LogP) is 2.90. The van der Waals surface area contributed by atoms with Crippen LogP contribution in [0.25, 0.3) is 11.0 Å². The van der Waals surface area contributed by atoms with Crippen molar-refractivity contribution in [1.29, 1.82) is 0 Å². The van der Waals surface area contributed by atoms with Gasteiger partial charge in [0, 0.05) is 6.04 Å². The van der Waals surface area contributed by atoms with Gasteiger partial charge in [0.05, 0.1) is 17.4 Å². The fourth-order valence-corrected chi connectivity index (χ4v) is 2.12. The highest BCUT2D eigenvalue weighted by atomic mass is 15.1. The zero-order valence-electron chi connectivity index (χ0n) is 10.7. The standard InChI is InChI=1S/C14H21N3/c1-11(2)17-10-16-13-9-12(5-3-4-8-15)6-7-14(13)17/h6-7,9-11H,3-5,8,15H2,1-2H3. The fourth-order valence-electron chi connectivity index (χ4n) is 2.12. The van der Waals surface area contributed by atoms with E-state index >= 15 is 0 Å². The van der Waals surface area contributed by atoms with Crippen molar-refractivity contribution in [2.45, 2.75) is 39.2 Å². The molecule has 0 bridgehead atoms. The molecule has 0 aliphatic heterocycles. The Kier molecular flexibility index (Phi) is 3.79. The van der Waals surface area contributed by atoms with Crippen LogP contribution in [0.5, 0.6) is 0 Å². The van der Waals surface area contributed by atoms with Gasteiger partial charge in [-0.25, -0.2) is 4.98 Å². The van der Waals surface area contributed by atoms with Gasteiger partial charge in [-0.3, -0.25) is 0 Å². The normalized spacial score (nSPS) is 11.5. The minimum atomic E-state index is 0.461. The summed E-state index contributed by atoms with van der Waals surface area (Å²) in [5, 5.41) is 0. The molecule has 3 nitrogen and oxygen atoms in total. The summed E-state index contributed by atoms with van der Waals surface area (Å²) in [6, 6.07) is 7.05. The van der Waals surface area contributed by atoms with Crippen molar-refractivity contribution in [2.24, 2.45) is 5.73 Å². The number of unbranched alkanes of at least 4 members (excludes halogenated alkanes) is 1. The van der Waals surface area contributed by atoms with E-state index in [2.05, 4.69) is 41.6 Å². The Morgan fingerprint density at radius 1 is 1.29 bits per heavy atom. The van der Waals surface area contributed by atoms with E-state index in [1.54, 1.807) is 0 Å². The molecule has 2 N–H and O–H groups in total. The van der Waals surface area contributed by atoms with Crippen molar-refractivity contribution in [3.8, 4) is 0 Å². The second-order valence-electron chi connectivity index (χ2n) is 4.81. The average Bonchev–Trinajstić information content (AvgIpc) is 2.72. The van der Waals surface area contributed by atoms with Gasteiger partial charge in [0.1, 0.15) is 0 Å². The molecule has 0 aliphatic rings. The Hall–Kier alpha value is -1.35. The number of aromatic nitrogens is 2. The first-order valence-electron chi connectivity index (χ1n) is 6.38. The van der Waals surface area contributed by atoms with E-state index in [1.165, 1.54) is 11.1 Å². The third-order valence-corrected chi connectivity index (χ3v) is 3.12. The van der Waals surface area contributed by atoms with Gasteiger partial charge in [-0.05, 0) is 57.4 Å². The fraction of sp³-hybridized carbons (Fsp3) is 0.500. The number of nitrogens with two attached hydrogens (primary N) is 1. The summed E-state index contributed by atoms with van der Waals surface area (Å²) in [5.74, 6) is 0. The van der Waals surface area contributed by atoms with Gasteiger partial charge in [-0.15, -0.1) is 0 Å². The zero-order valence-corrected chi connectivity index (χ0v) is 10.7. The van der Waals surface area contributed by atoms with Crippen molar-refractivity contribution in [3.63, 3.8) is 0 Å². The lowest BCUT2D eigenvalue weighted by Crippen LogP contribution is -1.99. The second-order valence-corrected chi connectivity index (χ2v) is 4.81. The maximum atomic E-state index is 5.50. The van der Waals surface area contributed by atoms with Crippen molar-refractivity contribution in [3.05, 3.63) is 30.1 Å². The van der Waals surface area contributed by atoms with Crippen molar-refractivity contribution >= 4 is 11.0 Å². The lowest BCUT2D eigenvalue weighted by Gasteiger charge is -2.08. The molecule has 17 heavy (non-hydrogen) atoms. The summed E-state index contributed by atoms with van der Waals surface area (Å²) in [5.41, 5.74) is 9.19. The third kappa shape index (κ3) is 2.67. The zero-order chi connectivity index (χ0) is 12.3. The van der Waals surface area contributed by atoms with E-state index in [-0.39, 0.29) is 0 Å². The monoisotopic (exact) mass is 231 g/mol. The molecule has 0 radical (unpaired) electrons. The number of nitrogens with zero attached hydrogens (tertiary/aromatic N) is 2. The molecule has 2 aromatic rings. The summed E-state index contributed by atoms with van der Waals surface area (Å²) in [7, 11) is 0. The van der Waals surface area contributed by atoms with Gasteiger partial charge in [-0.2, -0.15) is 0 Å². The van der Waals surface area contributed by atoms with E-state index in [1.807, 2.05) is 6.33 Å². The molecular formula is C14H21N3. The number of hydrogen-bond donors (Lipinski definition) is 1. The highest BCUT2D eigenvalue weighted by molar-refractivity contribution is 5.76. The van der Waals surface area contributed by atoms with Crippen LogP contribution in [0.15, 0.2) is 24.5 Å². The van der Waals surface area contributed by atoms with Crippen LogP contribution in [0.3, 0.4) is 0 Å². The molecular weight excluding hydrogens is 210 g/mol. The van der Waals surface area contributed by atoms with Crippen LogP contribution in [0.4, 0.5) is 0 Å². The molecule has 3 heteroatoms. The van der Waals surface area contributed by atoms with Gasteiger partial charge in [0.25, 0.3) is 0 Å². The number of hydrogen-bond acceptors (Lipinski definition) is 2. The molecule has 0 saturated heterocycles. The number of rotatable bonds is 5. The van der Waals surface area contributed by atoms with Crippen molar-refractivity contribution in [1.82, 2.24) is 9.55 Å². The summed E-state index contributed by atoms with van der Waals surface area (Å²) in [6.07, 6.45) is 5.28. The van der Waals surface area contributed by atoms with E-state index in [4.69, 9.17) is 5.73 Å². The van der Waals surface area contributed by atoms with Crippen molar-refractivity contribution < 1.29 is 0 Å². The maximum Gasteiger partial charge on any atom is 0.0960 e. The van der Waals surface area contributed by atoms with E-state index in [0.29, 0.717) is 6.04 Å². The quantitative estimate of drug-likeness (QED) is 0.804. The Bertz CT molecular complexity index is 485. The molecule has 2 rings (SSSR count). The predicted molar refractivity (Wildman–Crippen MR) is 72.1 cm³/mol. The lowest BCUT2D eigenvalue weighted by atomic mass is 10.1. The summed E-state index contributed by atoms with van der Waals surface area (Å²) in [6.45, 7) is 5.14. The molecule has 1 aromatic heterocycles. The van der Waals surface area contributed by atoms with Crippen LogP contribution in [-0.2, 0) is 6.42 Å². The molecule has 0 aliphatic carbocycles. The molecule has 0 atom stereocenters. The highest BCUT2D eigenvalue weighted by Gasteiger charge is 2.05. The van der Waals surface area contributed by atoms with Gasteiger partial charge >= 0.3 is 0 Å². The van der Waals surface area contributed by atoms with Crippen LogP contribution < -0.4 is 5.73 Å². The number of imidazole rings is 1. The summed E-state index contributed by atoms with van der Waals surface area (Å²) in [4.78, 5) is 4.47. The Labute approximate surface area is 103 Å². The topological polar surface area (TPSA) is 43.8 Å². The molecule has 1 heterocycles. The lowest BCUT2D eigenvalue weighted by molar-refractivity contribution is 0.617. The first-order valence-corrected chi connectivity index (χ1v) is 6.38. The molecule has 92 valence electrons. The van der Waals surface area contributed by atoms with E-state index < -0.39 is 0 Å². The van der Waals surface area contributed by atoms with Crippen molar-refractivity contribution in [2.75, 3.05) is 6.54 Å². The molecule has 0 saturated carbocycles. The number of benzene rings is 1. The smallest absolute Gasteiger partial charge is 0.0960 e. The third-order valence-electron chi connectivity index (χ3n) is 3.12. The number of fused-ring (bicyclic) bond motifs is 1. The maximum absolute atomic E-state index is 5.50. The van der Waals surface area contributed by atoms with E-state index in [0.717, 1.165) is 31.3 Å². The number of aryl methyl sites for hydroxylation is 1. The van der Waals surface area contributed by atoms with Gasteiger partial charge in [0.15, 0.2) is 0 Å². The SMILES string of the molecule is CC(C)n1cnc2cc(CCCCN)ccc21. The van der Waals surface area contributed by atoms with Gasteiger partial charge in [-0.1, -0.05) is 6.07 Å². The first-order chi connectivity index (χ1) is 8.22. The molecule has 0 amide bonds. The van der Waals surface area contributed by atoms with Crippen LogP contribution in [0.1, 0.15) is 38.3 Å². The van der Waals surface area contributed by atoms with Crippen LogP contribution >= 0.6 is 0 Å². The second kappa shape index (κ2) is 5.32. The molecule has 0 unspecified atom stereocenters. The minimum Gasteiger partial charge on any atom is -0.330 e. The first kappa shape index (κ1) is 12.1. The van der Waals surface area contributed by atoms with Gasteiger partial charge in [0.2, 0.25) is 0 Å². The molecule has 0 spiro atoms. The Morgan fingerprint density at radius 2 is 2.12 bits per heavy atom. The van der Waals surface area contributed by atoms with Crippen LogP contribution in [-0.4, -0.2) is 16.1 Å². The van der Waals surface area contributed by atoms with Crippen LogP contribution in [0, 0.1) is 0 Å². The molecule has 1 aromatic carbocycles. The molecule has 0 fully saturated rings. The summed E-state index contributed by atoms with van der Waals surface area (Å²) < 4.78 is 2.21. The Morgan fingerprint density at radius 3 is 2.82 bits per heavy atom. The van der Waals surface area contributed by atoms with Crippen LogP contribution in [0.2, 0.25) is 0 Å². The Balaban J connectivity index is 2.20. The summed E-state index contributed by atoms with van der Waals surface area (Å²) >= 11 is 0.